The quantitative estimate of drug-likeness (QED) is 0.602. The number of ether oxygens (including phenoxy) is 1. The summed E-state index contributed by atoms with van der Waals surface area (Å²) in [5, 5.41) is 12.7. The Hall–Kier alpha value is -0.120. The van der Waals surface area contributed by atoms with Crippen LogP contribution in [0.5, 0.6) is 0 Å². The van der Waals surface area contributed by atoms with E-state index >= 15 is 0 Å². The van der Waals surface area contributed by atoms with Crippen molar-refractivity contribution in [1.82, 2.24) is 5.32 Å². The van der Waals surface area contributed by atoms with Gasteiger partial charge in [0.25, 0.3) is 0 Å². The zero-order valence-corrected chi connectivity index (χ0v) is 7.21. The predicted octanol–water partition coefficient (Wildman–Crippen LogP) is 0.134. The predicted molar refractivity (Wildman–Crippen MR) is 43.5 cm³/mol. The van der Waals surface area contributed by atoms with Gasteiger partial charge in [-0.25, -0.2) is 0 Å². The zero-order valence-electron chi connectivity index (χ0n) is 7.21. The second-order valence-corrected chi connectivity index (χ2v) is 3.12. The van der Waals surface area contributed by atoms with Gasteiger partial charge in [-0.3, -0.25) is 0 Å². The van der Waals surface area contributed by atoms with Crippen LogP contribution in [0, 0.1) is 0 Å². The van der Waals surface area contributed by atoms with Gasteiger partial charge in [0.15, 0.2) is 0 Å². The van der Waals surface area contributed by atoms with Gasteiger partial charge in [0.1, 0.15) is 0 Å². The van der Waals surface area contributed by atoms with Crippen molar-refractivity contribution in [2.45, 2.75) is 38.6 Å². The summed E-state index contributed by atoms with van der Waals surface area (Å²) in [5.74, 6) is 0. The molecule has 0 spiro atoms. The van der Waals surface area contributed by atoms with E-state index in [9.17, 15) is 5.11 Å². The summed E-state index contributed by atoms with van der Waals surface area (Å²) in [7, 11) is 0. The number of rotatable bonds is 2. The lowest BCUT2D eigenvalue weighted by molar-refractivity contribution is -0.0886. The van der Waals surface area contributed by atoms with Crippen LogP contribution in [-0.4, -0.2) is 36.5 Å². The largest absolute Gasteiger partial charge is 0.390 e. The molecule has 3 heteroatoms. The number of nitrogens with one attached hydrogen (secondary N) is 1. The van der Waals surface area contributed by atoms with Crippen molar-refractivity contribution in [3.05, 3.63) is 0 Å². The Labute approximate surface area is 67.7 Å². The Bertz CT molecular complexity index is 119. The molecule has 0 amide bonds. The van der Waals surface area contributed by atoms with Crippen molar-refractivity contribution in [2.24, 2.45) is 0 Å². The van der Waals surface area contributed by atoms with E-state index < -0.39 is 0 Å². The standard InChI is InChI=1S/C8H17NO2/c1-3-7(10)8-5-9-4-6(2)11-8/h6-10H,3-5H2,1-2H3/t6-,7?,8-/m1/s1. The number of hydrogen-bond donors (Lipinski definition) is 2. The van der Waals surface area contributed by atoms with Crippen molar-refractivity contribution < 1.29 is 9.84 Å². The first-order valence-electron chi connectivity index (χ1n) is 4.28. The Morgan fingerprint density at radius 1 is 1.64 bits per heavy atom. The van der Waals surface area contributed by atoms with Crippen LogP contribution in [0.1, 0.15) is 20.3 Å². The first-order chi connectivity index (χ1) is 5.24. The summed E-state index contributed by atoms with van der Waals surface area (Å²) in [5.41, 5.74) is 0. The molecule has 2 N–H and O–H groups in total. The lowest BCUT2D eigenvalue weighted by Gasteiger charge is -2.31. The van der Waals surface area contributed by atoms with Crippen molar-refractivity contribution >= 4 is 0 Å². The molecule has 1 heterocycles. The van der Waals surface area contributed by atoms with E-state index in [-0.39, 0.29) is 18.3 Å². The van der Waals surface area contributed by atoms with Crippen LogP contribution in [0.4, 0.5) is 0 Å². The highest BCUT2D eigenvalue weighted by molar-refractivity contribution is 4.76. The topological polar surface area (TPSA) is 41.5 Å². The van der Waals surface area contributed by atoms with Crippen LogP contribution in [0.3, 0.4) is 0 Å². The van der Waals surface area contributed by atoms with Crippen molar-refractivity contribution in [2.75, 3.05) is 13.1 Å². The Morgan fingerprint density at radius 2 is 2.36 bits per heavy atom. The molecule has 0 aromatic heterocycles. The molecule has 0 aliphatic carbocycles. The Morgan fingerprint density at radius 3 is 2.91 bits per heavy atom. The van der Waals surface area contributed by atoms with E-state index in [1.54, 1.807) is 0 Å². The first kappa shape index (κ1) is 8.97. The molecule has 1 rings (SSSR count). The minimum Gasteiger partial charge on any atom is -0.390 e. The minimum absolute atomic E-state index is 0.0104. The van der Waals surface area contributed by atoms with Crippen molar-refractivity contribution in [1.29, 1.82) is 0 Å². The molecule has 1 aliphatic rings. The number of morpholine rings is 1. The minimum atomic E-state index is -0.315. The molecule has 1 saturated heterocycles. The van der Waals surface area contributed by atoms with E-state index in [2.05, 4.69) is 5.32 Å². The number of aliphatic hydroxyl groups is 1. The van der Waals surface area contributed by atoms with E-state index in [0.29, 0.717) is 0 Å². The van der Waals surface area contributed by atoms with Crippen molar-refractivity contribution in [3.8, 4) is 0 Å². The molecule has 0 aromatic carbocycles. The van der Waals surface area contributed by atoms with Gasteiger partial charge in [0, 0.05) is 13.1 Å². The maximum absolute atomic E-state index is 9.44. The molecule has 66 valence electrons. The summed E-state index contributed by atoms with van der Waals surface area (Å²) in [6.07, 6.45) is 0.669. The van der Waals surface area contributed by atoms with E-state index in [4.69, 9.17) is 4.74 Å². The molecule has 0 radical (unpaired) electrons. The van der Waals surface area contributed by atoms with Gasteiger partial charge >= 0.3 is 0 Å². The summed E-state index contributed by atoms with van der Waals surface area (Å²) in [6, 6.07) is 0. The highest BCUT2D eigenvalue weighted by Crippen LogP contribution is 2.09. The third kappa shape index (κ3) is 2.43. The third-order valence-electron chi connectivity index (χ3n) is 2.03. The molecular formula is C8H17NO2. The van der Waals surface area contributed by atoms with E-state index in [1.807, 2.05) is 13.8 Å². The molecule has 11 heavy (non-hydrogen) atoms. The van der Waals surface area contributed by atoms with Crippen LogP contribution >= 0.6 is 0 Å². The van der Waals surface area contributed by atoms with Gasteiger partial charge in [0.2, 0.25) is 0 Å². The van der Waals surface area contributed by atoms with Gasteiger partial charge in [-0.15, -0.1) is 0 Å². The maximum Gasteiger partial charge on any atom is 0.0961 e. The van der Waals surface area contributed by atoms with Crippen LogP contribution in [0.15, 0.2) is 0 Å². The monoisotopic (exact) mass is 159 g/mol. The molecule has 1 fully saturated rings. The highest BCUT2D eigenvalue weighted by atomic mass is 16.5. The summed E-state index contributed by atoms with van der Waals surface area (Å²) >= 11 is 0. The van der Waals surface area contributed by atoms with Gasteiger partial charge in [0.05, 0.1) is 18.3 Å². The van der Waals surface area contributed by atoms with E-state index in [1.165, 1.54) is 0 Å². The first-order valence-corrected chi connectivity index (χ1v) is 4.28. The highest BCUT2D eigenvalue weighted by Gasteiger charge is 2.23. The van der Waals surface area contributed by atoms with Crippen LogP contribution in [-0.2, 0) is 4.74 Å². The molecule has 3 nitrogen and oxygen atoms in total. The third-order valence-corrected chi connectivity index (χ3v) is 2.03. The fourth-order valence-electron chi connectivity index (χ4n) is 1.31. The number of aliphatic hydroxyl groups excluding tert-OH is 1. The van der Waals surface area contributed by atoms with Crippen LogP contribution in [0.25, 0.3) is 0 Å². The zero-order chi connectivity index (χ0) is 8.27. The molecule has 1 unspecified atom stereocenters. The fourth-order valence-corrected chi connectivity index (χ4v) is 1.31. The maximum atomic E-state index is 9.44. The van der Waals surface area contributed by atoms with Gasteiger partial charge < -0.3 is 15.2 Å². The summed E-state index contributed by atoms with van der Waals surface area (Å²) in [4.78, 5) is 0. The molecule has 0 bridgehead atoms. The van der Waals surface area contributed by atoms with Crippen LogP contribution in [0.2, 0.25) is 0 Å². The van der Waals surface area contributed by atoms with Gasteiger partial charge in [-0.2, -0.15) is 0 Å². The Balaban J connectivity index is 2.33. The lowest BCUT2D eigenvalue weighted by atomic mass is 10.1. The smallest absolute Gasteiger partial charge is 0.0961 e. The Kier molecular flexibility index (Phi) is 3.30. The number of hydrogen-bond acceptors (Lipinski definition) is 3. The average molecular weight is 159 g/mol. The average Bonchev–Trinajstić information content (AvgIpc) is 2.03. The second-order valence-electron chi connectivity index (χ2n) is 3.12. The normalized spacial score (nSPS) is 35.2. The molecular weight excluding hydrogens is 142 g/mol. The molecule has 1 aliphatic heterocycles. The SMILES string of the molecule is CCC(O)[C@H]1CNC[C@@H](C)O1. The van der Waals surface area contributed by atoms with Gasteiger partial charge in [-0.05, 0) is 13.3 Å². The lowest BCUT2D eigenvalue weighted by Crippen LogP contribution is -2.48. The van der Waals surface area contributed by atoms with Crippen molar-refractivity contribution in [3.63, 3.8) is 0 Å². The summed E-state index contributed by atoms with van der Waals surface area (Å²) in [6.45, 7) is 5.65. The molecule has 0 aromatic rings. The van der Waals surface area contributed by atoms with E-state index in [0.717, 1.165) is 19.5 Å². The molecule has 0 saturated carbocycles. The van der Waals surface area contributed by atoms with Crippen LogP contribution < -0.4 is 5.32 Å². The fraction of sp³-hybridized carbons (Fsp3) is 1.00. The van der Waals surface area contributed by atoms with Gasteiger partial charge in [-0.1, -0.05) is 6.92 Å². The molecule has 3 atom stereocenters. The second kappa shape index (κ2) is 4.04. The summed E-state index contributed by atoms with van der Waals surface area (Å²) < 4.78 is 5.53.